The van der Waals surface area contributed by atoms with E-state index >= 15 is 0 Å². The van der Waals surface area contributed by atoms with Crippen molar-refractivity contribution in [3.63, 3.8) is 0 Å². The van der Waals surface area contributed by atoms with Crippen LogP contribution in [0.2, 0.25) is 0 Å². The predicted molar refractivity (Wildman–Crippen MR) is 255 cm³/mol. The summed E-state index contributed by atoms with van der Waals surface area (Å²) in [5, 5.41) is 6.41. The largest absolute Gasteiger partial charge is 0.310 e. The van der Waals surface area contributed by atoms with Gasteiger partial charge in [0.25, 0.3) is 0 Å². The summed E-state index contributed by atoms with van der Waals surface area (Å²) in [6.07, 6.45) is 6.91. The number of benzene rings is 8. The highest BCUT2D eigenvalue weighted by Crippen LogP contribution is 2.51. The molecule has 0 fully saturated rings. The molecule has 2 aliphatic rings. The highest BCUT2D eigenvalue weighted by molar-refractivity contribution is 7.20. The van der Waals surface area contributed by atoms with E-state index in [0.29, 0.717) is 0 Å². The van der Waals surface area contributed by atoms with E-state index in [0.717, 1.165) is 35.6 Å². The number of aryl methyl sites for hydroxylation is 1. The first-order valence-corrected chi connectivity index (χ1v) is 21.2. The average Bonchev–Trinajstić information content (AvgIpc) is 3.90. The number of allylic oxidation sites excluding steroid dienone is 1. The lowest BCUT2D eigenvalue weighted by Crippen LogP contribution is -2.16. The van der Waals surface area contributed by atoms with Gasteiger partial charge in [-0.05, 0) is 123 Å². The molecule has 2 aromatic heterocycles. The van der Waals surface area contributed by atoms with Crippen molar-refractivity contribution < 1.29 is 0 Å². The first kappa shape index (κ1) is 35.5. The van der Waals surface area contributed by atoms with Crippen LogP contribution in [-0.4, -0.2) is 4.57 Å². The Kier molecular flexibility index (Phi) is 8.08. The molecular formula is C56H44N2S. The maximum absolute atomic E-state index is 2.47. The molecule has 0 atom stereocenters. The quantitative estimate of drug-likeness (QED) is 0.169. The van der Waals surface area contributed by atoms with Gasteiger partial charge in [0.1, 0.15) is 0 Å². The number of hydrogen-bond donors (Lipinski definition) is 0. The van der Waals surface area contributed by atoms with Gasteiger partial charge in [-0.1, -0.05) is 143 Å². The third-order valence-corrected chi connectivity index (χ3v) is 14.1. The molecule has 0 amide bonds. The third kappa shape index (κ3) is 5.31. The minimum absolute atomic E-state index is 0. The molecule has 0 spiro atoms. The molecular weight excluding hydrogens is 733 g/mol. The SMILES string of the molecule is C.CC1(C)c2ccccc2-c2ccc(N(c3ccc(-c4cccc5c6c(sc45)CCC=C6)cc3)c3ccc4c(c3)c3c5ccccc5ccc3n4-c3ccccc3)cc21. The molecule has 0 aliphatic heterocycles. The molecule has 0 N–H and O–H groups in total. The zero-order valence-electron chi connectivity index (χ0n) is 32.5. The van der Waals surface area contributed by atoms with Gasteiger partial charge in [-0.2, -0.15) is 0 Å². The van der Waals surface area contributed by atoms with Crippen molar-refractivity contribution >= 4 is 77.1 Å². The van der Waals surface area contributed by atoms with Crippen LogP contribution in [0.5, 0.6) is 0 Å². The zero-order valence-corrected chi connectivity index (χ0v) is 33.4. The Labute approximate surface area is 349 Å². The van der Waals surface area contributed by atoms with Gasteiger partial charge in [-0.3, -0.25) is 0 Å². The number of rotatable bonds is 5. The number of nitrogens with zero attached hydrogens (tertiary/aromatic N) is 2. The molecule has 2 aliphatic carbocycles. The molecule has 0 bridgehead atoms. The fraction of sp³-hybridized carbons (Fsp3) is 0.107. The fourth-order valence-electron chi connectivity index (χ4n) is 10.0. The molecule has 12 rings (SSSR count). The standard InChI is InChI=1S/C55H40N2S.CH4/c1-55(2)48-21-10-8-17-43(48)44-30-28-40(34-49(44)55)56(38-26-23-36(24-27-38)42-19-12-20-46-45-18-9-11-22-52(45)58-54(42)46)39-29-32-50-47(33-39)53-41-16-7-6-13-35(41)25-31-51(53)57(50)37-14-4-3-5-15-37;/h3-10,12-21,23-34H,11,22H2,1-2H3;1H4. The van der Waals surface area contributed by atoms with Gasteiger partial charge in [0.2, 0.25) is 0 Å². The topological polar surface area (TPSA) is 8.17 Å². The molecule has 0 saturated carbocycles. The number of para-hydroxylation sites is 1. The van der Waals surface area contributed by atoms with Gasteiger partial charge < -0.3 is 9.47 Å². The molecule has 0 radical (unpaired) electrons. The Morgan fingerprint density at radius 1 is 0.559 bits per heavy atom. The van der Waals surface area contributed by atoms with Gasteiger partial charge in [0.05, 0.1) is 11.0 Å². The summed E-state index contributed by atoms with van der Waals surface area (Å²) >= 11 is 1.97. The molecule has 2 heterocycles. The first-order chi connectivity index (χ1) is 28.5. The average molecular weight is 777 g/mol. The summed E-state index contributed by atoms with van der Waals surface area (Å²) in [7, 11) is 0. The van der Waals surface area contributed by atoms with Crippen molar-refractivity contribution in [2.24, 2.45) is 0 Å². The lowest BCUT2D eigenvalue weighted by atomic mass is 9.82. The van der Waals surface area contributed by atoms with Crippen LogP contribution in [0.4, 0.5) is 17.1 Å². The maximum Gasteiger partial charge on any atom is 0.0547 e. The minimum Gasteiger partial charge on any atom is -0.310 e. The van der Waals surface area contributed by atoms with Crippen molar-refractivity contribution in [1.29, 1.82) is 0 Å². The summed E-state index contributed by atoms with van der Waals surface area (Å²) < 4.78 is 3.81. The van der Waals surface area contributed by atoms with Crippen LogP contribution in [0.25, 0.3) is 76.7 Å². The van der Waals surface area contributed by atoms with Crippen molar-refractivity contribution in [2.75, 3.05) is 4.90 Å². The summed E-state index contributed by atoms with van der Waals surface area (Å²) in [5.74, 6) is 0. The van der Waals surface area contributed by atoms with Gasteiger partial charge in [-0.25, -0.2) is 0 Å². The maximum atomic E-state index is 2.47. The summed E-state index contributed by atoms with van der Waals surface area (Å²) in [6.45, 7) is 4.74. The number of anilines is 3. The van der Waals surface area contributed by atoms with Crippen LogP contribution >= 0.6 is 11.3 Å². The Bertz CT molecular complexity index is 3310. The highest BCUT2D eigenvalue weighted by Gasteiger charge is 2.36. The van der Waals surface area contributed by atoms with E-state index in [1.807, 2.05) is 11.3 Å². The van der Waals surface area contributed by atoms with Crippen LogP contribution in [-0.2, 0) is 11.8 Å². The lowest BCUT2D eigenvalue weighted by molar-refractivity contribution is 0.660. The van der Waals surface area contributed by atoms with Crippen molar-refractivity contribution in [3.8, 4) is 27.9 Å². The van der Waals surface area contributed by atoms with E-state index in [2.05, 4.69) is 205 Å². The number of thiophene rings is 1. The van der Waals surface area contributed by atoms with E-state index in [1.165, 1.54) is 86.5 Å². The van der Waals surface area contributed by atoms with Gasteiger partial charge >= 0.3 is 0 Å². The second-order valence-electron chi connectivity index (χ2n) is 16.4. The Hall–Kier alpha value is -6.68. The highest BCUT2D eigenvalue weighted by atomic mass is 32.1. The van der Waals surface area contributed by atoms with E-state index in [9.17, 15) is 0 Å². The molecule has 8 aromatic carbocycles. The molecule has 10 aromatic rings. The Balaban J connectivity index is 0.00000397. The fourth-order valence-corrected chi connectivity index (χ4v) is 11.4. The second kappa shape index (κ2) is 13.4. The Morgan fingerprint density at radius 3 is 2.14 bits per heavy atom. The van der Waals surface area contributed by atoms with E-state index in [1.54, 1.807) is 0 Å². The number of aromatic nitrogens is 1. The zero-order chi connectivity index (χ0) is 38.5. The second-order valence-corrected chi connectivity index (χ2v) is 17.5. The molecule has 284 valence electrons. The van der Waals surface area contributed by atoms with Gasteiger partial charge in [0, 0.05) is 53.9 Å². The number of fused-ring (bicyclic) bond motifs is 11. The molecule has 2 nitrogen and oxygen atoms in total. The Morgan fingerprint density at radius 2 is 1.25 bits per heavy atom. The summed E-state index contributed by atoms with van der Waals surface area (Å²) in [5.41, 5.74) is 16.3. The van der Waals surface area contributed by atoms with Crippen molar-refractivity contribution in [3.05, 3.63) is 198 Å². The predicted octanol–water partition coefficient (Wildman–Crippen LogP) is 16.2. The number of hydrogen-bond acceptors (Lipinski definition) is 2. The van der Waals surface area contributed by atoms with Crippen LogP contribution in [0.1, 0.15) is 49.3 Å². The summed E-state index contributed by atoms with van der Waals surface area (Å²) in [4.78, 5) is 3.97. The van der Waals surface area contributed by atoms with E-state index in [-0.39, 0.29) is 12.8 Å². The van der Waals surface area contributed by atoms with Crippen molar-refractivity contribution in [2.45, 2.75) is 39.5 Å². The monoisotopic (exact) mass is 776 g/mol. The normalized spacial score (nSPS) is 13.7. The summed E-state index contributed by atoms with van der Waals surface area (Å²) in [6, 6.07) is 63.3. The van der Waals surface area contributed by atoms with Crippen LogP contribution in [0.3, 0.4) is 0 Å². The molecule has 0 unspecified atom stereocenters. The third-order valence-electron chi connectivity index (χ3n) is 12.8. The first-order valence-electron chi connectivity index (χ1n) is 20.4. The van der Waals surface area contributed by atoms with E-state index < -0.39 is 0 Å². The molecule has 3 heteroatoms. The van der Waals surface area contributed by atoms with Gasteiger partial charge in [-0.15, -0.1) is 11.3 Å². The smallest absolute Gasteiger partial charge is 0.0547 e. The van der Waals surface area contributed by atoms with Crippen molar-refractivity contribution in [1.82, 2.24) is 4.57 Å². The van der Waals surface area contributed by atoms with Crippen LogP contribution in [0, 0.1) is 0 Å². The van der Waals surface area contributed by atoms with Crippen LogP contribution in [0.15, 0.2) is 176 Å². The minimum atomic E-state index is -0.114. The van der Waals surface area contributed by atoms with Crippen LogP contribution < -0.4 is 4.90 Å². The molecule has 0 saturated heterocycles. The van der Waals surface area contributed by atoms with E-state index in [4.69, 9.17) is 0 Å². The molecule has 59 heavy (non-hydrogen) atoms. The lowest BCUT2D eigenvalue weighted by Gasteiger charge is -2.28. The van der Waals surface area contributed by atoms with Gasteiger partial charge in [0.15, 0.2) is 0 Å².